The third-order valence-electron chi connectivity index (χ3n) is 3.05. The van der Waals surface area contributed by atoms with E-state index in [-0.39, 0.29) is 41.0 Å². The number of aliphatic carboxylic acids is 1. The van der Waals surface area contributed by atoms with Crippen molar-refractivity contribution in [2.45, 2.75) is 59.3 Å². The molecule has 21 heavy (non-hydrogen) atoms. The van der Waals surface area contributed by atoms with Crippen LogP contribution in [0.15, 0.2) is 0 Å². The van der Waals surface area contributed by atoms with Crippen molar-refractivity contribution in [3.63, 3.8) is 0 Å². The molecule has 0 atom stereocenters. The standard InChI is InChI=1S/C15H23O5.Ti/c1-4-7-11(16)10-15(14(19)20,12(17)8-5-2)13(18)9-6-3;/h10H,4-9H2,1-3H3,(H,19,20);. The Morgan fingerprint density at radius 1 is 0.857 bits per heavy atom. The summed E-state index contributed by atoms with van der Waals surface area (Å²) in [7, 11) is 0. The minimum atomic E-state index is -2.29. The van der Waals surface area contributed by atoms with Gasteiger partial charge in [0.15, 0.2) is 17.0 Å². The largest absolute Gasteiger partial charge is 0.480 e. The Bertz CT molecular complexity index is 372. The third-order valence-corrected chi connectivity index (χ3v) is 3.05. The summed E-state index contributed by atoms with van der Waals surface area (Å²) in [5, 5.41) is 9.41. The number of hydrogen-bond donors (Lipinski definition) is 1. The van der Waals surface area contributed by atoms with Crippen LogP contribution in [0.2, 0.25) is 0 Å². The number of rotatable bonds is 11. The maximum Gasteiger partial charge on any atom is 0.325 e. The van der Waals surface area contributed by atoms with Gasteiger partial charge in [0.2, 0.25) is 0 Å². The van der Waals surface area contributed by atoms with Crippen molar-refractivity contribution in [1.82, 2.24) is 0 Å². The quantitative estimate of drug-likeness (QED) is 0.464. The molecule has 0 spiro atoms. The molecular weight excluding hydrogens is 308 g/mol. The van der Waals surface area contributed by atoms with Crippen molar-refractivity contribution in [1.29, 1.82) is 0 Å². The van der Waals surface area contributed by atoms with E-state index in [0.29, 0.717) is 19.3 Å². The molecule has 0 fully saturated rings. The van der Waals surface area contributed by atoms with Gasteiger partial charge in [-0.3, -0.25) is 19.2 Å². The predicted octanol–water partition coefficient (Wildman–Crippen LogP) is 2.37. The molecule has 0 aromatic carbocycles. The molecule has 0 aliphatic rings. The van der Waals surface area contributed by atoms with Gasteiger partial charge in [-0.25, -0.2) is 0 Å². The van der Waals surface area contributed by atoms with Gasteiger partial charge in [-0.15, -0.1) is 0 Å². The van der Waals surface area contributed by atoms with Crippen LogP contribution in [-0.4, -0.2) is 28.4 Å². The van der Waals surface area contributed by atoms with Crippen LogP contribution in [0, 0.1) is 11.8 Å². The van der Waals surface area contributed by atoms with Crippen molar-refractivity contribution in [2.24, 2.45) is 5.41 Å². The van der Waals surface area contributed by atoms with E-state index in [1.807, 2.05) is 0 Å². The summed E-state index contributed by atoms with van der Waals surface area (Å²) in [5.74, 6) is -3.41. The van der Waals surface area contributed by atoms with Gasteiger partial charge in [0, 0.05) is 41.0 Å². The van der Waals surface area contributed by atoms with Crippen LogP contribution in [0.5, 0.6) is 0 Å². The van der Waals surface area contributed by atoms with E-state index in [0.717, 1.165) is 6.42 Å². The molecule has 0 bridgehead atoms. The number of carbonyl (C=O) groups is 4. The molecule has 0 heterocycles. The Kier molecular flexibility index (Phi) is 11.6. The van der Waals surface area contributed by atoms with E-state index in [1.165, 1.54) is 0 Å². The van der Waals surface area contributed by atoms with E-state index in [1.54, 1.807) is 20.8 Å². The zero-order valence-corrected chi connectivity index (χ0v) is 14.5. The summed E-state index contributed by atoms with van der Waals surface area (Å²) in [4.78, 5) is 47.7. The minimum absolute atomic E-state index is 0. The van der Waals surface area contributed by atoms with Gasteiger partial charge in [-0.05, 0) is 19.3 Å². The monoisotopic (exact) mass is 331 g/mol. The van der Waals surface area contributed by atoms with Gasteiger partial charge < -0.3 is 5.11 Å². The van der Waals surface area contributed by atoms with Crippen LogP contribution in [-0.2, 0) is 40.9 Å². The summed E-state index contributed by atoms with van der Waals surface area (Å²) in [6.07, 6.45) is 2.30. The molecular formula is C15H23O5Ti. The minimum Gasteiger partial charge on any atom is -0.480 e. The fraction of sp³-hybridized carbons (Fsp3) is 0.667. The molecule has 0 aromatic heterocycles. The summed E-state index contributed by atoms with van der Waals surface area (Å²) < 4.78 is 0. The van der Waals surface area contributed by atoms with Gasteiger partial charge in [-0.2, -0.15) is 0 Å². The van der Waals surface area contributed by atoms with Crippen LogP contribution in [0.1, 0.15) is 59.3 Å². The molecule has 6 heteroatoms. The molecule has 0 aromatic rings. The first-order chi connectivity index (χ1) is 9.36. The summed E-state index contributed by atoms with van der Waals surface area (Å²) in [6, 6.07) is 0. The van der Waals surface area contributed by atoms with Crippen molar-refractivity contribution >= 4 is 23.3 Å². The first-order valence-corrected chi connectivity index (χ1v) is 7.05. The molecule has 5 nitrogen and oxygen atoms in total. The van der Waals surface area contributed by atoms with Gasteiger partial charge in [-0.1, -0.05) is 20.8 Å². The Labute approximate surface area is 140 Å². The third kappa shape index (κ3) is 5.83. The maximum absolute atomic E-state index is 12.2. The number of Topliss-reactive ketones (excluding diaryl/α,β-unsaturated/α-hetero) is 3. The number of carboxylic acids is 1. The SMILES string of the molecule is CCCC(=O)[CH]C(C(=O)O)(C(=O)CCC)C(=O)CCC.[Ti]. The van der Waals surface area contributed by atoms with Gasteiger partial charge in [0.05, 0.1) is 6.42 Å². The van der Waals surface area contributed by atoms with Gasteiger partial charge in [0.25, 0.3) is 0 Å². The zero-order chi connectivity index (χ0) is 15.8. The van der Waals surface area contributed by atoms with E-state index >= 15 is 0 Å². The van der Waals surface area contributed by atoms with Crippen LogP contribution < -0.4 is 0 Å². The predicted molar refractivity (Wildman–Crippen MR) is 74.1 cm³/mol. The van der Waals surface area contributed by atoms with Crippen LogP contribution >= 0.6 is 0 Å². The normalized spacial score (nSPS) is 10.6. The summed E-state index contributed by atoms with van der Waals surface area (Å²) in [6.45, 7) is 5.22. The Morgan fingerprint density at radius 3 is 1.52 bits per heavy atom. The van der Waals surface area contributed by atoms with Gasteiger partial charge in [0.1, 0.15) is 5.78 Å². The van der Waals surface area contributed by atoms with E-state index in [4.69, 9.17) is 0 Å². The fourth-order valence-electron chi connectivity index (χ4n) is 2.03. The van der Waals surface area contributed by atoms with Crippen LogP contribution in [0.3, 0.4) is 0 Å². The molecule has 0 saturated heterocycles. The molecule has 0 aliphatic carbocycles. The maximum atomic E-state index is 12.2. The van der Waals surface area contributed by atoms with Crippen molar-refractivity contribution in [3.05, 3.63) is 6.42 Å². The van der Waals surface area contributed by atoms with Crippen LogP contribution in [0.25, 0.3) is 0 Å². The average molecular weight is 331 g/mol. The second-order valence-corrected chi connectivity index (χ2v) is 4.82. The van der Waals surface area contributed by atoms with E-state index < -0.39 is 28.7 Å². The summed E-state index contributed by atoms with van der Waals surface area (Å²) >= 11 is 0. The first kappa shape index (κ1) is 22.5. The Balaban J connectivity index is 0. The number of ketones is 3. The van der Waals surface area contributed by atoms with E-state index in [2.05, 4.69) is 0 Å². The summed E-state index contributed by atoms with van der Waals surface area (Å²) in [5.41, 5.74) is -2.29. The molecule has 0 unspecified atom stereocenters. The molecule has 0 aliphatic heterocycles. The Morgan fingerprint density at radius 2 is 1.24 bits per heavy atom. The second kappa shape index (κ2) is 10.9. The molecule has 1 radical (unpaired) electrons. The van der Waals surface area contributed by atoms with Crippen molar-refractivity contribution in [3.8, 4) is 0 Å². The number of carbonyl (C=O) groups excluding carboxylic acids is 3. The van der Waals surface area contributed by atoms with E-state index in [9.17, 15) is 24.3 Å². The molecule has 117 valence electrons. The van der Waals surface area contributed by atoms with Crippen LogP contribution in [0.4, 0.5) is 0 Å². The fourth-order valence-corrected chi connectivity index (χ4v) is 2.03. The topological polar surface area (TPSA) is 88.5 Å². The second-order valence-electron chi connectivity index (χ2n) is 4.82. The number of carboxylic acid groups (broad SMARTS) is 1. The number of hydrogen-bond acceptors (Lipinski definition) is 4. The Hall–Kier alpha value is -0.806. The molecule has 0 rings (SSSR count). The first-order valence-electron chi connectivity index (χ1n) is 7.05. The zero-order valence-electron chi connectivity index (χ0n) is 12.9. The molecule has 0 amide bonds. The van der Waals surface area contributed by atoms with Crippen molar-refractivity contribution in [2.75, 3.05) is 0 Å². The smallest absolute Gasteiger partial charge is 0.325 e. The molecule has 1 N–H and O–H groups in total. The molecule has 0 saturated carbocycles. The average Bonchev–Trinajstić information content (AvgIpc) is 2.36. The van der Waals surface area contributed by atoms with Gasteiger partial charge >= 0.3 is 5.97 Å². The van der Waals surface area contributed by atoms with Crippen molar-refractivity contribution < 1.29 is 46.0 Å².